The minimum Gasteiger partial charge on any atom is -0.323 e. The van der Waals surface area contributed by atoms with Gasteiger partial charge in [0.1, 0.15) is 5.82 Å². The summed E-state index contributed by atoms with van der Waals surface area (Å²) >= 11 is 16.4. The van der Waals surface area contributed by atoms with Crippen molar-refractivity contribution in [2.24, 2.45) is 0 Å². The Morgan fingerprint density at radius 1 is 1.00 bits per heavy atom. The predicted molar refractivity (Wildman–Crippen MR) is 129 cm³/mol. The average Bonchev–Trinajstić information content (AvgIpc) is 3.31. The first-order chi connectivity index (χ1) is 15.0. The van der Waals surface area contributed by atoms with Crippen LogP contribution in [0.15, 0.2) is 71.2 Å². The van der Waals surface area contributed by atoms with Gasteiger partial charge < -0.3 is 9.47 Å². The number of carbonyl (C=O) groups excluding carboxylic acids is 1. The summed E-state index contributed by atoms with van der Waals surface area (Å²) in [5.41, 5.74) is 3.64. The summed E-state index contributed by atoms with van der Waals surface area (Å²) in [6.45, 7) is 1.07. The number of carbonyl (C=O) groups is 1. The van der Waals surface area contributed by atoms with Crippen molar-refractivity contribution in [3.8, 4) is 0 Å². The Kier molecular flexibility index (Phi) is 5.51. The van der Waals surface area contributed by atoms with Crippen LogP contribution in [0.3, 0.4) is 0 Å². The Hall–Kier alpha value is -2.34. The summed E-state index contributed by atoms with van der Waals surface area (Å²) in [6.07, 6.45) is 0.409. The molecule has 0 bridgehead atoms. The van der Waals surface area contributed by atoms with Gasteiger partial charge in [-0.3, -0.25) is 4.79 Å². The third-order valence-electron chi connectivity index (χ3n) is 5.67. The molecule has 3 aromatic carbocycles. The lowest BCUT2D eigenvalue weighted by atomic mass is 10.1. The third-order valence-corrected chi connectivity index (χ3v) is 6.87. The Labute approximate surface area is 198 Å². The van der Waals surface area contributed by atoms with E-state index in [0.717, 1.165) is 32.6 Å². The molecule has 1 aromatic heterocycles. The lowest BCUT2D eigenvalue weighted by molar-refractivity contribution is -0.117. The summed E-state index contributed by atoms with van der Waals surface area (Å²) in [5.74, 6) is 0.945. The fourth-order valence-corrected chi connectivity index (χ4v) is 5.09. The van der Waals surface area contributed by atoms with E-state index in [0.29, 0.717) is 29.6 Å². The zero-order valence-corrected chi connectivity index (χ0v) is 19.5. The number of halogens is 3. The molecule has 0 aliphatic carbocycles. The molecule has 1 saturated heterocycles. The fraction of sp³-hybridized carbons (Fsp3) is 0.167. The van der Waals surface area contributed by atoms with Gasteiger partial charge in [0.15, 0.2) is 0 Å². The SMILES string of the molecule is O=C1CC(c2nc3ccccc3n2Cc2c(Cl)cccc2Cl)CN1c1cccc(Br)c1. The Morgan fingerprint density at radius 3 is 2.52 bits per heavy atom. The Bertz CT molecular complexity index is 1280. The molecule has 156 valence electrons. The second-order valence-electron chi connectivity index (χ2n) is 7.63. The van der Waals surface area contributed by atoms with Crippen molar-refractivity contribution < 1.29 is 4.79 Å². The summed E-state index contributed by atoms with van der Waals surface area (Å²) in [7, 11) is 0. The molecule has 4 aromatic rings. The average molecular weight is 515 g/mol. The van der Waals surface area contributed by atoms with E-state index in [2.05, 4.69) is 20.5 Å². The first-order valence-electron chi connectivity index (χ1n) is 9.95. The molecule has 1 atom stereocenters. The molecule has 1 fully saturated rings. The van der Waals surface area contributed by atoms with Crippen LogP contribution < -0.4 is 4.90 Å². The number of imidazole rings is 1. The van der Waals surface area contributed by atoms with Gasteiger partial charge in [-0.25, -0.2) is 4.98 Å². The van der Waals surface area contributed by atoms with Crippen LogP contribution in [0.4, 0.5) is 5.69 Å². The maximum absolute atomic E-state index is 12.9. The van der Waals surface area contributed by atoms with Gasteiger partial charge in [-0.2, -0.15) is 0 Å². The number of aromatic nitrogens is 2. The fourth-order valence-electron chi connectivity index (χ4n) is 4.19. The number of benzene rings is 3. The molecular weight excluding hydrogens is 497 g/mol. The van der Waals surface area contributed by atoms with Crippen LogP contribution >= 0.6 is 39.1 Å². The Balaban J connectivity index is 1.56. The molecule has 1 aliphatic heterocycles. The Morgan fingerprint density at radius 2 is 1.74 bits per heavy atom. The quantitative estimate of drug-likeness (QED) is 0.305. The van der Waals surface area contributed by atoms with Crippen molar-refractivity contribution in [3.63, 3.8) is 0 Å². The van der Waals surface area contributed by atoms with Crippen molar-refractivity contribution in [2.45, 2.75) is 18.9 Å². The topological polar surface area (TPSA) is 38.1 Å². The van der Waals surface area contributed by atoms with Crippen molar-refractivity contribution in [2.75, 3.05) is 11.4 Å². The van der Waals surface area contributed by atoms with Crippen LogP contribution in [0.2, 0.25) is 10.0 Å². The van der Waals surface area contributed by atoms with E-state index in [1.165, 1.54) is 0 Å². The van der Waals surface area contributed by atoms with E-state index in [-0.39, 0.29) is 11.8 Å². The molecule has 0 spiro atoms. The van der Waals surface area contributed by atoms with Gasteiger partial charge in [0.25, 0.3) is 0 Å². The molecule has 1 amide bonds. The predicted octanol–water partition coefficient (Wildman–Crippen LogP) is 6.67. The largest absolute Gasteiger partial charge is 0.323 e. The molecule has 0 N–H and O–H groups in total. The van der Waals surface area contributed by atoms with Gasteiger partial charge in [-0.15, -0.1) is 0 Å². The molecule has 2 heterocycles. The number of rotatable bonds is 4. The van der Waals surface area contributed by atoms with Crippen LogP contribution in [0.1, 0.15) is 23.7 Å². The van der Waals surface area contributed by atoms with Gasteiger partial charge in [0, 0.05) is 44.7 Å². The van der Waals surface area contributed by atoms with Crippen LogP contribution in [0, 0.1) is 0 Å². The van der Waals surface area contributed by atoms with Gasteiger partial charge in [0.2, 0.25) is 5.91 Å². The third kappa shape index (κ3) is 3.86. The van der Waals surface area contributed by atoms with Crippen LogP contribution in [0.25, 0.3) is 11.0 Å². The van der Waals surface area contributed by atoms with E-state index >= 15 is 0 Å². The molecule has 5 rings (SSSR count). The molecule has 7 heteroatoms. The highest BCUT2D eigenvalue weighted by Gasteiger charge is 2.35. The normalized spacial score (nSPS) is 16.4. The molecule has 1 unspecified atom stereocenters. The molecule has 4 nitrogen and oxygen atoms in total. The number of amides is 1. The molecule has 1 aliphatic rings. The summed E-state index contributed by atoms with van der Waals surface area (Å²) in [5, 5.41) is 1.24. The smallest absolute Gasteiger partial charge is 0.227 e. The van der Waals surface area contributed by atoms with Gasteiger partial charge in [-0.05, 0) is 42.5 Å². The van der Waals surface area contributed by atoms with E-state index in [4.69, 9.17) is 28.2 Å². The van der Waals surface area contributed by atoms with Gasteiger partial charge >= 0.3 is 0 Å². The highest BCUT2D eigenvalue weighted by Crippen LogP contribution is 2.35. The van der Waals surface area contributed by atoms with Gasteiger partial charge in [0.05, 0.1) is 17.6 Å². The summed E-state index contributed by atoms with van der Waals surface area (Å²) in [6, 6.07) is 21.3. The summed E-state index contributed by atoms with van der Waals surface area (Å²) in [4.78, 5) is 19.6. The molecular formula is C24H18BrCl2N3O. The van der Waals surface area contributed by atoms with Crippen molar-refractivity contribution in [1.29, 1.82) is 0 Å². The first kappa shape index (κ1) is 20.6. The highest BCUT2D eigenvalue weighted by molar-refractivity contribution is 9.10. The van der Waals surface area contributed by atoms with Gasteiger partial charge in [-0.1, -0.05) is 63.4 Å². The standard InChI is InChI=1S/C24H18BrCl2N3O/c25-16-5-3-6-17(12-16)29-13-15(11-23(29)31)24-28-21-9-1-2-10-22(21)30(24)14-18-19(26)7-4-8-20(18)27/h1-10,12,15H,11,13-14H2. The number of fused-ring (bicyclic) bond motifs is 1. The molecule has 31 heavy (non-hydrogen) atoms. The maximum Gasteiger partial charge on any atom is 0.227 e. The second-order valence-corrected chi connectivity index (χ2v) is 9.36. The maximum atomic E-state index is 12.9. The minimum absolute atomic E-state index is 0.0276. The van der Waals surface area contributed by atoms with Crippen LogP contribution in [0.5, 0.6) is 0 Å². The second kappa shape index (κ2) is 8.30. The lowest BCUT2D eigenvalue weighted by Crippen LogP contribution is -2.24. The number of hydrogen-bond donors (Lipinski definition) is 0. The molecule has 0 saturated carbocycles. The zero-order valence-electron chi connectivity index (χ0n) is 16.4. The zero-order chi connectivity index (χ0) is 21.5. The lowest BCUT2D eigenvalue weighted by Gasteiger charge is -2.18. The number of para-hydroxylation sites is 2. The monoisotopic (exact) mass is 513 g/mol. The highest BCUT2D eigenvalue weighted by atomic mass is 79.9. The number of nitrogens with zero attached hydrogens (tertiary/aromatic N) is 3. The van der Waals surface area contributed by atoms with E-state index in [1.54, 1.807) is 0 Å². The first-order valence-corrected chi connectivity index (χ1v) is 11.5. The number of hydrogen-bond acceptors (Lipinski definition) is 2. The van der Waals surface area contributed by atoms with Crippen molar-refractivity contribution >= 4 is 61.8 Å². The minimum atomic E-state index is -0.0276. The van der Waals surface area contributed by atoms with Crippen molar-refractivity contribution in [1.82, 2.24) is 9.55 Å². The summed E-state index contributed by atoms with van der Waals surface area (Å²) < 4.78 is 3.09. The number of anilines is 1. The van der Waals surface area contributed by atoms with E-state index in [9.17, 15) is 4.79 Å². The van der Waals surface area contributed by atoms with Crippen LogP contribution in [-0.2, 0) is 11.3 Å². The van der Waals surface area contributed by atoms with Crippen molar-refractivity contribution in [3.05, 3.63) is 92.6 Å². The van der Waals surface area contributed by atoms with E-state index < -0.39 is 0 Å². The van der Waals surface area contributed by atoms with E-state index in [1.807, 2.05) is 71.6 Å². The molecule has 0 radical (unpaired) electrons. The van der Waals surface area contributed by atoms with Crippen LogP contribution in [-0.4, -0.2) is 22.0 Å².